The lowest BCUT2D eigenvalue weighted by Crippen LogP contribution is -2.33. The Hall–Kier alpha value is -3.20. The minimum absolute atomic E-state index is 0.00548. The highest BCUT2D eigenvalue weighted by atomic mass is 16.2. The Morgan fingerprint density at radius 2 is 1.61 bits per heavy atom. The van der Waals surface area contributed by atoms with E-state index in [2.05, 4.69) is 18.2 Å². The number of rotatable bonds is 2. The molecular formula is C25H21NO2. The zero-order chi connectivity index (χ0) is 19.3. The Labute approximate surface area is 164 Å². The van der Waals surface area contributed by atoms with Gasteiger partial charge in [-0.2, -0.15) is 0 Å². The first-order chi connectivity index (χ1) is 13.6. The predicted molar refractivity (Wildman–Crippen MR) is 110 cm³/mol. The first-order valence-corrected chi connectivity index (χ1v) is 9.78. The van der Waals surface area contributed by atoms with Crippen LogP contribution in [0.4, 0.5) is 0 Å². The molecule has 5 rings (SSSR count). The van der Waals surface area contributed by atoms with Crippen LogP contribution in [0.5, 0.6) is 0 Å². The van der Waals surface area contributed by atoms with Gasteiger partial charge in [0, 0.05) is 23.7 Å². The molecule has 3 heteroatoms. The van der Waals surface area contributed by atoms with Gasteiger partial charge < -0.3 is 4.90 Å². The van der Waals surface area contributed by atoms with E-state index in [9.17, 15) is 9.59 Å². The molecule has 0 saturated carbocycles. The van der Waals surface area contributed by atoms with Gasteiger partial charge in [-0.15, -0.1) is 0 Å². The van der Waals surface area contributed by atoms with E-state index >= 15 is 0 Å². The summed E-state index contributed by atoms with van der Waals surface area (Å²) in [4.78, 5) is 27.9. The summed E-state index contributed by atoms with van der Waals surface area (Å²) in [6.07, 6.45) is 3.12. The molecule has 0 radical (unpaired) electrons. The van der Waals surface area contributed by atoms with Crippen molar-refractivity contribution in [3.05, 3.63) is 94.5 Å². The molecule has 0 unspecified atom stereocenters. The van der Waals surface area contributed by atoms with Crippen molar-refractivity contribution in [3.8, 4) is 11.1 Å². The Bertz CT molecular complexity index is 1120. The van der Waals surface area contributed by atoms with Crippen molar-refractivity contribution in [2.45, 2.75) is 25.3 Å². The fourth-order valence-electron chi connectivity index (χ4n) is 4.64. The van der Waals surface area contributed by atoms with Crippen LogP contribution >= 0.6 is 0 Å². The van der Waals surface area contributed by atoms with Crippen LogP contribution in [0.15, 0.2) is 66.7 Å². The van der Waals surface area contributed by atoms with Crippen molar-refractivity contribution in [2.24, 2.45) is 0 Å². The topological polar surface area (TPSA) is 37.4 Å². The number of carbonyl (C=O) groups excluding carboxylic acids is 2. The van der Waals surface area contributed by atoms with E-state index in [0.717, 1.165) is 36.0 Å². The highest BCUT2D eigenvalue weighted by Crippen LogP contribution is 2.38. The fraction of sp³-hybridized carbons (Fsp3) is 0.200. The van der Waals surface area contributed by atoms with E-state index in [1.807, 2.05) is 54.4 Å². The summed E-state index contributed by atoms with van der Waals surface area (Å²) >= 11 is 0. The number of fused-ring (bicyclic) bond motifs is 4. The zero-order valence-electron chi connectivity index (χ0n) is 15.8. The second-order valence-electron chi connectivity index (χ2n) is 7.66. The fourth-order valence-corrected chi connectivity index (χ4v) is 4.64. The van der Waals surface area contributed by atoms with Crippen LogP contribution in [0.25, 0.3) is 11.1 Å². The van der Waals surface area contributed by atoms with Crippen molar-refractivity contribution in [1.82, 2.24) is 4.90 Å². The summed E-state index contributed by atoms with van der Waals surface area (Å²) in [5.41, 5.74) is 6.37. The highest BCUT2D eigenvalue weighted by Gasteiger charge is 2.30. The number of ketones is 1. The zero-order valence-corrected chi connectivity index (χ0v) is 15.8. The summed E-state index contributed by atoms with van der Waals surface area (Å²) in [6.45, 7) is 0. The van der Waals surface area contributed by atoms with Gasteiger partial charge >= 0.3 is 0 Å². The third-order valence-electron chi connectivity index (χ3n) is 6.10. The van der Waals surface area contributed by atoms with Crippen LogP contribution in [0.2, 0.25) is 0 Å². The maximum absolute atomic E-state index is 13.2. The number of hydrogen-bond donors (Lipinski definition) is 0. The quantitative estimate of drug-likeness (QED) is 0.497. The van der Waals surface area contributed by atoms with Crippen LogP contribution in [-0.4, -0.2) is 23.6 Å². The summed E-state index contributed by atoms with van der Waals surface area (Å²) in [7, 11) is 1.87. The second-order valence-corrected chi connectivity index (χ2v) is 7.66. The summed E-state index contributed by atoms with van der Waals surface area (Å²) in [6, 6.07) is 21.6. The van der Waals surface area contributed by atoms with Crippen molar-refractivity contribution in [1.29, 1.82) is 0 Å². The molecule has 0 fully saturated rings. The van der Waals surface area contributed by atoms with E-state index < -0.39 is 0 Å². The number of benzene rings is 3. The molecule has 3 aromatic carbocycles. The lowest BCUT2D eigenvalue weighted by Gasteiger charge is -2.33. The number of amides is 1. The van der Waals surface area contributed by atoms with Crippen molar-refractivity contribution >= 4 is 11.7 Å². The van der Waals surface area contributed by atoms with Gasteiger partial charge in [-0.1, -0.05) is 54.6 Å². The molecule has 2 aliphatic carbocycles. The van der Waals surface area contributed by atoms with Crippen LogP contribution in [-0.2, 0) is 6.42 Å². The lowest BCUT2D eigenvalue weighted by molar-refractivity contribution is 0.0715. The number of nitrogens with zero attached hydrogens (tertiary/aromatic N) is 1. The molecule has 3 nitrogen and oxygen atoms in total. The third-order valence-corrected chi connectivity index (χ3v) is 6.10. The Morgan fingerprint density at radius 1 is 0.893 bits per heavy atom. The minimum atomic E-state index is -0.0340. The smallest absolute Gasteiger partial charge is 0.254 e. The Balaban J connectivity index is 1.48. The molecule has 0 spiro atoms. The van der Waals surface area contributed by atoms with E-state index in [1.54, 1.807) is 6.07 Å². The molecule has 2 aliphatic rings. The SMILES string of the molecule is CN(C(=O)c1ccc2c(c1)C(=O)c1ccccc1-2)[C@@H]1CCCc2ccccc21. The first kappa shape index (κ1) is 16.9. The largest absolute Gasteiger partial charge is 0.335 e. The molecule has 0 aromatic heterocycles. The molecule has 0 aliphatic heterocycles. The highest BCUT2D eigenvalue weighted by molar-refractivity contribution is 6.22. The average molecular weight is 367 g/mol. The summed E-state index contributed by atoms with van der Waals surface area (Å²) in [5.74, 6) is -0.0285. The van der Waals surface area contributed by atoms with Gasteiger partial charge in [0.05, 0.1) is 6.04 Å². The molecule has 0 heterocycles. The van der Waals surface area contributed by atoms with Gasteiger partial charge in [0.25, 0.3) is 5.91 Å². The average Bonchev–Trinajstić information content (AvgIpc) is 3.04. The number of aryl methyl sites for hydroxylation is 1. The summed E-state index contributed by atoms with van der Waals surface area (Å²) in [5, 5.41) is 0. The maximum Gasteiger partial charge on any atom is 0.254 e. The van der Waals surface area contributed by atoms with Gasteiger partial charge in [-0.3, -0.25) is 9.59 Å². The van der Waals surface area contributed by atoms with E-state index in [4.69, 9.17) is 0 Å². The lowest BCUT2D eigenvalue weighted by atomic mass is 9.86. The van der Waals surface area contributed by atoms with Crippen molar-refractivity contribution in [3.63, 3.8) is 0 Å². The van der Waals surface area contributed by atoms with Gasteiger partial charge in [0.15, 0.2) is 5.78 Å². The van der Waals surface area contributed by atoms with Crippen molar-refractivity contribution < 1.29 is 9.59 Å². The van der Waals surface area contributed by atoms with Crippen LogP contribution in [0.1, 0.15) is 56.3 Å². The Morgan fingerprint density at radius 3 is 2.46 bits per heavy atom. The molecular weight excluding hydrogens is 346 g/mol. The molecule has 0 N–H and O–H groups in total. The van der Waals surface area contributed by atoms with E-state index in [-0.39, 0.29) is 17.7 Å². The molecule has 28 heavy (non-hydrogen) atoms. The Kier molecular flexibility index (Phi) is 3.90. The summed E-state index contributed by atoms with van der Waals surface area (Å²) < 4.78 is 0. The molecule has 1 amide bonds. The molecule has 1 atom stereocenters. The number of carbonyl (C=O) groups is 2. The standard InChI is InChI=1S/C25H21NO2/c1-26(23-12-6-8-16-7-2-3-9-18(16)23)25(28)17-13-14-20-19-10-4-5-11-21(19)24(27)22(20)15-17/h2-5,7,9-11,13-15,23H,6,8,12H2,1H3/t23-/m1/s1. The van der Waals surface area contributed by atoms with Gasteiger partial charge in [0.2, 0.25) is 0 Å². The molecule has 3 aromatic rings. The second kappa shape index (κ2) is 6.45. The maximum atomic E-state index is 13.2. The monoisotopic (exact) mass is 367 g/mol. The molecule has 138 valence electrons. The van der Waals surface area contributed by atoms with Gasteiger partial charge in [0.1, 0.15) is 0 Å². The predicted octanol–water partition coefficient (Wildman–Crippen LogP) is 5.05. The molecule has 0 bridgehead atoms. The van der Waals surface area contributed by atoms with Gasteiger partial charge in [-0.25, -0.2) is 0 Å². The first-order valence-electron chi connectivity index (χ1n) is 9.78. The van der Waals surface area contributed by atoms with Crippen LogP contribution in [0, 0.1) is 0 Å². The minimum Gasteiger partial charge on any atom is -0.335 e. The van der Waals surface area contributed by atoms with Crippen LogP contribution in [0.3, 0.4) is 0 Å². The van der Waals surface area contributed by atoms with E-state index in [0.29, 0.717) is 11.1 Å². The normalized spacial score (nSPS) is 16.9. The van der Waals surface area contributed by atoms with E-state index in [1.165, 1.54) is 11.1 Å². The van der Waals surface area contributed by atoms with Gasteiger partial charge in [-0.05, 0) is 53.6 Å². The van der Waals surface area contributed by atoms with Crippen molar-refractivity contribution in [2.75, 3.05) is 7.05 Å². The number of hydrogen-bond acceptors (Lipinski definition) is 2. The van der Waals surface area contributed by atoms with Crippen LogP contribution < -0.4 is 0 Å². The third kappa shape index (κ3) is 2.50. The molecule has 0 saturated heterocycles.